The Hall–Kier alpha value is -4.19. The van der Waals surface area contributed by atoms with Gasteiger partial charge in [-0.15, -0.1) is 0 Å². The molecule has 0 bridgehead atoms. The third-order valence-corrected chi connectivity index (χ3v) is 5.36. The van der Waals surface area contributed by atoms with Crippen molar-refractivity contribution in [2.45, 2.75) is 13.0 Å². The molecule has 31 heavy (non-hydrogen) atoms. The zero-order valence-electron chi connectivity index (χ0n) is 16.6. The first-order valence-electron chi connectivity index (χ1n) is 9.89. The highest BCUT2D eigenvalue weighted by molar-refractivity contribution is 6.05. The van der Waals surface area contributed by atoms with Gasteiger partial charge in [0.2, 0.25) is 0 Å². The number of carbonyl (C=O) groups is 1. The van der Waals surface area contributed by atoms with Crippen molar-refractivity contribution in [2.75, 3.05) is 5.73 Å². The van der Waals surface area contributed by atoms with Gasteiger partial charge in [-0.25, -0.2) is 0 Å². The number of benzene rings is 3. The van der Waals surface area contributed by atoms with Gasteiger partial charge >= 0.3 is 5.97 Å². The number of aromatic nitrogens is 1. The lowest BCUT2D eigenvalue weighted by atomic mass is 9.98. The maximum absolute atomic E-state index is 11.1. The molecule has 0 saturated heterocycles. The highest BCUT2D eigenvalue weighted by Gasteiger charge is 2.15. The van der Waals surface area contributed by atoms with Crippen molar-refractivity contribution in [3.63, 3.8) is 0 Å². The minimum Gasteiger partial charge on any atom is -0.489 e. The summed E-state index contributed by atoms with van der Waals surface area (Å²) in [6, 6.07) is 19.2. The molecule has 0 saturated carbocycles. The molecule has 0 spiro atoms. The Morgan fingerprint density at radius 2 is 1.94 bits per heavy atom. The Kier molecular flexibility index (Phi) is 4.59. The van der Waals surface area contributed by atoms with E-state index in [1.807, 2.05) is 48.5 Å². The first-order chi connectivity index (χ1) is 15.1. The smallest absolute Gasteiger partial charge is 0.307 e. The van der Waals surface area contributed by atoms with Gasteiger partial charge in [-0.3, -0.25) is 4.79 Å². The number of nitrogens with two attached hydrogens (primary N) is 1. The number of para-hydroxylation sites is 2. The molecule has 0 aliphatic carbocycles. The Bertz CT molecular complexity index is 1410. The Balaban J connectivity index is 1.54. The van der Waals surface area contributed by atoms with Gasteiger partial charge in [0.1, 0.15) is 17.9 Å². The minimum atomic E-state index is -0.892. The van der Waals surface area contributed by atoms with E-state index in [4.69, 9.17) is 20.0 Å². The second-order valence-electron chi connectivity index (χ2n) is 7.42. The molecular weight excluding hydrogens is 392 g/mol. The van der Waals surface area contributed by atoms with Crippen molar-refractivity contribution in [1.29, 1.82) is 0 Å². The summed E-state index contributed by atoms with van der Waals surface area (Å²) in [7, 11) is 0. The molecule has 4 N–H and O–H groups in total. The predicted octanol–water partition coefficient (Wildman–Crippen LogP) is 5.37. The lowest BCUT2D eigenvalue weighted by Crippen LogP contribution is -2.04. The molecule has 0 aliphatic rings. The van der Waals surface area contributed by atoms with Crippen LogP contribution in [0.4, 0.5) is 5.69 Å². The summed E-state index contributed by atoms with van der Waals surface area (Å²) >= 11 is 0. The molecular formula is C25H20N2O4. The zero-order valence-corrected chi connectivity index (χ0v) is 16.6. The number of hydrogen-bond acceptors (Lipinski definition) is 4. The molecule has 6 heteroatoms. The number of rotatable bonds is 6. The molecule has 0 atom stereocenters. The van der Waals surface area contributed by atoms with E-state index in [1.54, 1.807) is 24.6 Å². The van der Waals surface area contributed by atoms with E-state index in [0.29, 0.717) is 23.6 Å². The summed E-state index contributed by atoms with van der Waals surface area (Å²) in [5, 5.41) is 11.1. The monoisotopic (exact) mass is 412 g/mol. The summed E-state index contributed by atoms with van der Waals surface area (Å²) in [5.41, 5.74) is 12.0. The topological polar surface area (TPSA) is 101 Å². The van der Waals surface area contributed by atoms with E-state index in [2.05, 4.69) is 4.98 Å². The van der Waals surface area contributed by atoms with Gasteiger partial charge < -0.3 is 25.0 Å². The van der Waals surface area contributed by atoms with Crippen molar-refractivity contribution in [1.82, 2.24) is 4.98 Å². The van der Waals surface area contributed by atoms with Crippen LogP contribution in [0.15, 0.2) is 77.5 Å². The van der Waals surface area contributed by atoms with Crippen LogP contribution in [0, 0.1) is 0 Å². The number of fused-ring (bicyclic) bond motifs is 2. The normalized spacial score (nSPS) is 11.2. The summed E-state index contributed by atoms with van der Waals surface area (Å²) in [4.78, 5) is 14.4. The fourth-order valence-electron chi connectivity index (χ4n) is 3.94. The summed E-state index contributed by atoms with van der Waals surface area (Å²) in [5.74, 6) is -0.325. The molecule has 0 aliphatic heterocycles. The first kappa shape index (κ1) is 18.8. The summed E-state index contributed by atoms with van der Waals surface area (Å²) in [6.07, 6.45) is 3.38. The van der Waals surface area contributed by atoms with E-state index < -0.39 is 5.97 Å². The standard InChI is InChI=1S/C25H20N2O4/c26-21-13-27-24-18(5-3-6-19(21)24)20-11-15(10-17-8-9-30-25(17)20)14-31-22-7-2-1-4-16(22)12-23(28)29/h1-11,13,27H,12,14,26H2,(H,28,29). The van der Waals surface area contributed by atoms with E-state index >= 15 is 0 Å². The maximum Gasteiger partial charge on any atom is 0.307 e. The van der Waals surface area contributed by atoms with Crippen LogP contribution in [0.3, 0.4) is 0 Å². The number of aliphatic carboxylic acids is 1. The van der Waals surface area contributed by atoms with Crippen LogP contribution in [0.1, 0.15) is 11.1 Å². The minimum absolute atomic E-state index is 0.0849. The molecule has 0 unspecified atom stereocenters. The molecule has 2 aromatic heterocycles. The largest absolute Gasteiger partial charge is 0.489 e. The van der Waals surface area contributed by atoms with Crippen molar-refractivity contribution < 1.29 is 19.1 Å². The molecule has 0 radical (unpaired) electrons. The molecule has 6 nitrogen and oxygen atoms in total. The average Bonchev–Trinajstić information content (AvgIpc) is 3.39. The number of hydrogen-bond donors (Lipinski definition) is 3. The SMILES string of the molecule is Nc1c[nH]c2c(-c3cc(COc4ccccc4CC(=O)O)cc4ccoc34)cccc12. The number of furan rings is 1. The van der Waals surface area contributed by atoms with Crippen LogP contribution < -0.4 is 10.5 Å². The zero-order chi connectivity index (χ0) is 21.4. The Labute approximate surface area is 177 Å². The average molecular weight is 412 g/mol. The maximum atomic E-state index is 11.1. The van der Waals surface area contributed by atoms with Crippen molar-refractivity contribution in [2.24, 2.45) is 0 Å². The second kappa shape index (κ2) is 7.57. The fourth-order valence-corrected chi connectivity index (χ4v) is 3.94. The van der Waals surface area contributed by atoms with Gasteiger partial charge in [-0.2, -0.15) is 0 Å². The summed E-state index contributed by atoms with van der Waals surface area (Å²) < 4.78 is 11.8. The molecule has 2 heterocycles. The van der Waals surface area contributed by atoms with Gasteiger partial charge in [-0.1, -0.05) is 36.4 Å². The highest BCUT2D eigenvalue weighted by Crippen LogP contribution is 2.36. The van der Waals surface area contributed by atoms with Crippen molar-refractivity contribution in [3.8, 4) is 16.9 Å². The number of H-pyrrole nitrogens is 1. The predicted molar refractivity (Wildman–Crippen MR) is 120 cm³/mol. The fraction of sp³-hybridized carbons (Fsp3) is 0.0800. The van der Waals surface area contributed by atoms with Gasteiger partial charge in [0, 0.05) is 33.7 Å². The van der Waals surface area contributed by atoms with E-state index in [1.165, 1.54) is 0 Å². The first-order valence-corrected chi connectivity index (χ1v) is 9.89. The van der Waals surface area contributed by atoms with E-state index in [9.17, 15) is 4.79 Å². The number of ether oxygens (including phenoxy) is 1. The van der Waals surface area contributed by atoms with Crippen LogP contribution in [-0.4, -0.2) is 16.1 Å². The molecule has 0 amide bonds. The third kappa shape index (κ3) is 3.48. The number of aromatic amines is 1. The van der Waals surface area contributed by atoms with Gasteiger partial charge in [-0.05, 0) is 29.8 Å². The lowest BCUT2D eigenvalue weighted by molar-refractivity contribution is -0.136. The number of nitrogens with one attached hydrogen (secondary N) is 1. The summed E-state index contributed by atoms with van der Waals surface area (Å²) in [6.45, 7) is 0.299. The number of nitrogen functional groups attached to an aromatic ring is 1. The van der Waals surface area contributed by atoms with Crippen LogP contribution in [0.2, 0.25) is 0 Å². The Morgan fingerprint density at radius 1 is 1.06 bits per heavy atom. The number of anilines is 1. The Morgan fingerprint density at radius 3 is 2.81 bits per heavy atom. The van der Waals surface area contributed by atoms with Crippen LogP contribution in [0.25, 0.3) is 33.0 Å². The number of carboxylic acid groups (broad SMARTS) is 1. The van der Waals surface area contributed by atoms with Crippen LogP contribution in [-0.2, 0) is 17.8 Å². The van der Waals surface area contributed by atoms with Crippen LogP contribution >= 0.6 is 0 Å². The third-order valence-electron chi connectivity index (χ3n) is 5.36. The van der Waals surface area contributed by atoms with Gasteiger partial charge in [0.15, 0.2) is 0 Å². The van der Waals surface area contributed by atoms with Crippen LogP contribution in [0.5, 0.6) is 5.75 Å². The molecule has 5 rings (SSSR count). The lowest BCUT2D eigenvalue weighted by Gasteiger charge is -2.12. The van der Waals surface area contributed by atoms with Gasteiger partial charge in [0.25, 0.3) is 0 Å². The molecule has 154 valence electrons. The van der Waals surface area contributed by atoms with Crippen molar-refractivity contribution in [3.05, 3.63) is 84.3 Å². The second-order valence-corrected chi connectivity index (χ2v) is 7.42. The van der Waals surface area contributed by atoms with E-state index in [-0.39, 0.29) is 6.42 Å². The molecule has 3 aromatic carbocycles. The van der Waals surface area contributed by atoms with Crippen molar-refractivity contribution >= 4 is 33.5 Å². The molecule has 0 fully saturated rings. The van der Waals surface area contributed by atoms with E-state index in [0.717, 1.165) is 38.6 Å². The number of carboxylic acids is 1. The molecule has 5 aromatic rings. The van der Waals surface area contributed by atoms with Gasteiger partial charge in [0.05, 0.1) is 23.9 Å². The quantitative estimate of drug-likeness (QED) is 0.348. The highest BCUT2D eigenvalue weighted by atomic mass is 16.5.